The molecule has 3 nitrogen and oxygen atoms in total. The van der Waals surface area contributed by atoms with E-state index in [0.717, 1.165) is 25.7 Å². The molecule has 0 aromatic carbocycles. The maximum atomic E-state index is 11.0. The molecule has 0 aliphatic carbocycles. The Kier molecular flexibility index (Phi) is 22.3. The minimum absolute atomic E-state index is 0.0765. The Morgan fingerprint density at radius 3 is 1.39 bits per heavy atom. The second-order valence-corrected chi connectivity index (χ2v) is 8.57. The lowest BCUT2D eigenvalue weighted by Gasteiger charge is -2.10. The van der Waals surface area contributed by atoms with E-state index in [2.05, 4.69) is 11.7 Å². The van der Waals surface area contributed by atoms with Crippen LogP contribution in [0.25, 0.3) is 0 Å². The summed E-state index contributed by atoms with van der Waals surface area (Å²) in [6.07, 6.45) is 25.6. The van der Waals surface area contributed by atoms with Crippen molar-refractivity contribution in [3.63, 3.8) is 0 Å². The first-order valence-electron chi connectivity index (χ1n) is 12.5. The van der Waals surface area contributed by atoms with Gasteiger partial charge in [0.2, 0.25) is 0 Å². The SMILES string of the molecule is CCCCCCCCCCCCC(O)CCCCCCCCCCC(=O)OC. The normalized spacial score (nSPS) is 12.2. The maximum Gasteiger partial charge on any atom is 0.305 e. The number of ether oxygens (including phenoxy) is 1. The molecule has 0 aliphatic heterocycles. The van der Waals surface area contributed by atoms with Crippen LogP contribution in [-0.2, 0) is 9.53 Å². The molecule has 0 heterocycles. The molecule has 0 aromatic rings. The van der Waals surface area contributed by atoms with Crippen LogP contribution < -0.4 is 0 Å². The number of unbranched alkanes of at least 4 members (excludes halogenated alkanes) is 16. The smallest absolute Gasteiger partial charge is 0.305 e. The third kappa shape index (κ3) is 21.7. The van der Waals surface area contributed by atoms with E-state index < -0.39 is 0 Å². The second-order valence-electron chi connectivity index (χ2n) is 8.57. The van der Waals surface area contributed by atoms with Crippen LogP contribution in [0.1, 0.15) is 142 Å². The zero-order valence-corrected chi connectivity index (χ0v) is 19.2. The lowest BCUT2D eigenvalue weighted by molar-refractivity contribution is -0.140. The number of hydrogen-bond donors (Lipinski definition) is 1. The van der Waals surface area contributed by atoms with E-state index in [9.17, 15) is 9.90 Å². The Labute approximate surface area is 176 Å². The largest absolute Gasteiger partial charge is 0.469 e. The van der Waals surface area contributed by atoms with Crippen molar-refractivity contribution in [3.05, 3.63) is 0 Å². The monoisotopic (exact) mass is 398 g/mol. The summed E-state index contributed by atoms with van der Waals surface area (Å²) in [5, 5.41) is 10.1. The van der Waals surface area contributed by atoms with Crippen molar-refractivity contribution in [1.29, 1.82) is 0 Å². The summed E-state index contributed by atoms with van der Waals surface area (Å²) < 4.78 is 4.64. The van der Waals surface area contributed by atoms with Crippen LogP contribution in [0.5, 0.6) is 0 Å². The summed E-state index contributed by atoms with van der Waals surface area (Å²) in [6, 6.07) is 0. The van der Waals surface area contributed by atoms with Crippen LogP contribution in [-0.4, -0.2) is 24.3 Å². The number of carbonyl (C=O) groups excluding carboxylic acids is 1. The maximum absolute atomic E-state index is 11.0. The highest BCUT2D eigenvalue weighted by Crippen LogP contribution is 2.15. The third-order valence-electron chi connectivity index (χ3n) is 5.79. The summed E-state index contributed by atoms with van der Waals surface area (Å²) in [5.74, 6) is -0.0867. The van der Waals surface area contributed by atoms with Crippen molar-refractivity contribution in [3.8, 4) is 0 Å². The Bertz CT molecular complexity index is 317. The van der Waals surface area contributed by atoms with E-state index in [1.807, 2.05) is 0 Å². The molecule has 0 saturated heterocycles. The highest BCUT2D eigenvalue weighted by atomic mass is 16.5. The van der Waals surface area contributed by atoms with Gasteiger partial charge in [0.25, 0.3) is 0 Å². The molecule has 0 fully saturated rings. The molecular weight excluding hydrogens is 348 g/mol. The quantitative estimate of drug-likeness (QED) is 0.150. The number of carbonyl (C=O) groups is 1. The molecule has 168 valence electrons. The molecule has 0 amide bonds. The first kappa shape index (κ1) is 27.4. The first-order valence-corrected chi connectivity index (χ1v) is 12.5. The number of methoxy groups -OCH3 is 1. The second kappa shape index (κ2) is 22.7. The highest BCUT2D eigenvalue weighted by Gasteiger charge is 2.04. The average Bonchev–Trinajstić information content (AvgIpc) is 2.70. The van der Waals surface area contributed by atoms with E-state index >= 15 is 0 Å². The zero-order chi connectivity index (χ0) is 20.7. The van der Waals surface area contributed by atoms with Gasteiger partial charge in [0.15, 0.2) is 0 Å². The van der Waals surface area contributed by atoms with E-state index in [0.29, 0.717) is 6.42 Å². The Morgan fingerprint density at radius 1 is 0.643 bits per heavy atom. The molecule has 1 atom stereocenters. The summed E-state index contributed by atoms with van der Waals surface area (Å²) in [4.78, 5) is 11.0. The van der Waals surface area contributed by atoms with Gasteiger partial charge in [-0.2, -0.15) is 0 Å². The van der Waals surface area contributed by atoms with Gasteiger partial charge < -0.3 is 9.84 Å². The van der Waals surface area contributed by atoms with Crippen molar-refractivity contribution in [2.24, 2.45) is 0 Å². The van der Waals surface area contributed by atoms with Gasteiger partial charge in [0, 0.05) is 6.42 Å². The number of esters is 1. The lowest BCUT2D eigenvalue weighted by atomic mass is 10.0. The fourth-order valence-corrected chi connectivity index (χ4v) is 3.82. The van der Waals surface area contributed by atoms with Crippen molar-refractivity contribution >= 4 is 5.97 Å². The van der Waals surface area contributed by atoms with Crippen LogP contribution in [0.4, 0.5) is 0 Å². The van der Waals surface area contributed by atoms with Gasteiger partial charge in [-0.25, -0.2) is 0 Å². The van der Waals surface area contributed by atoms with Gasteiger partial charge in [0.1, 0.15) is 0 Å². The Hall–Kier alpha value is -0.570. The van der Waals surface area contributed by atoms with E-state index in [1.54, 1.807) is 0 Å². The van der Waals surface area contributed by atoms with Gasteiger partial charge in [-0.15, -0.1) is 0 Å². The third-order valence-corrected chi connectivity index (χ3v) is 5.79. The van der Waals surface area contributed by atoms with Gasteiger partial charge in [-0.1, -0.05) is 116 Å². The predicted molar refractivity (Wildman–Crippen MR) is 121 cm³/mol. The summed E-state index contributed by atoms with van der Waals surface area (Å²) >= 11 is 0. The van der Waals surface area contributed by atoms with Crippen LogP contribution in [0, 0.1) is 0 Å². The molecule has 3 heteroatoms. The van der Waals surface area contributed by atoms with Crippen molar-refractivity contribution in [2.45, 2.75) is 148 Å². The highest BCUT2D eigenvalue weighted by molar-refractivity contribution is 5.68. The fourth-order valence-electron chi connectivity index (χ4n) is 3.82. The average molecular weight is 399 g/mol. The molecule has 0 radical (unpaired) electrons. The minimum Gasteiger partial charge on any atom is -0.469 e. The molecule has 28 heavy (non-hydrogen) atoms. The van der Waals surface area contributed by atoms with Crippen LogP contribution in [0.2, 0.25) is 0 Å². The van der Waals surface area contributed by atoms with Crippen LogP contribution >= 0.6 is 0 Å². The molecule has 0 saturated carbocycles. The molecule has 1 N–H and O–H groups in total. The standard InChI is InChI=1S/C25H50O3/c1-3-4-5-6-7-8-9-12-15-18-21-24(26)22-19-16-13-10-11-14-17-20-23-25(27)28-2/h24,26H,3-23H2,1-2H3. The van der Waals surface area contributed by atoms with Crippen LogP contribution in [0.15, 0.2) is 0 Å². The van der Waals surface area contributed by atoms with E-state index in [1.165, 1.54) is 110 Å². The van der Waals surface area contributed by atoms with Crippen molar-refractivity contribution < 1.29 is 14.6 Å². The summed E-state index contributed by atoms with van der Waals surface area (Å²) in [6.45, 7) is 2.27. The number of aliphatic hydroxyl groups is 1. The van der Waals surface area contributed by atoms with Gasteiger partial charge in [-0.3, -0.25) is 4.79 Å². The van der Waals surface area contributed by atoms with Gasteiger partial charge in [0.05, 0.1) is 13.2 Å². The molecule has 0 rings (SSSR count). The van der Waals surface area contributed by atoms with Crippen LogP contribution in [0.3, 0.4) is 0 Å². The van der Waals surface area contributed by atoms with E-state index in [4.69, 9.17) is 0 Å². The summed E-state index contributed by atoms with van der Waals surface area (Å²) in [5.41, 5.74) is 0. The topological polar surface area (TPSA) is 46.5 Å². The molecule has 0 bridgehead atoms. The summed E-state index contributed by atoms with van der Waals surface area (Å²) in [7, 11) is 1.45. The fraction of sp³-hybridized carbons (Fsp3) is 0.960. The minimum atomic E-state index is -0.0867. The zero-order valence-electron chi connectivity index (χ0n) is 19.2. The number of aliphatic hydroxyl groups excluding tert-OH is 1. The Balaban J connectivity index is 3.17. The first-order chi connectivity index (χ1) is 13.7. The van der Waals surface area contributed by atoms with Gasteiger partial charge in [-0.05, 0) is 19.3 Å². The van der Waals surface area contributed by atoms with Crippen molar-refractivity contribution in [2.75, 3.05) is 7.11 Å². The predicted octanol–water partition coefficient (Wildman–Crippen LogP) is 7.73. The molecule has 0 spiro atoms. The molecule has 1 unspecified atom stereocenters. The molecular formula is C25H50O3. The Morgan fingerprint density at radius 2 is 1.00 bits per heavy atom. The molecule has 0 aromatic heterocycles. The molecule has 0 aliphatic rings. The van der Waals surface area contributed by atoms with Crippen molar-refractivity contribution in [1.82, 2.24) is 0 Å². The lowest BCUT2D eigenvalue weighted by Crippen LogP contribution is -2.05. The van der Waals surface area contributed by atoms with E-state index in [-0.39, 0.29) is 12.1 Å². The number of hydrogen-bond acceptors (Lipinski definition) is 3. The number of rotatable bonds is 22. The van der Waals surface area contributed by atoms with Gasteiger partial charge >= 0.3 is 5.97 Å².